The molecule has 0 aromatic heterocycles. The Morgan fingerprint density at radius 2 is 0.826 bits per heavy atom. The monoisotopic (exact) mass is 624 g/mol. The third-order valence-electron chi connectivity index (χ3n) is 8.42. The van der Waals surface area contributed by atoms with E-state index in [2.05, 4.69) is 48.2 Å². The normalized spacial score (nSPS) is 16.3. The van der Waals surface area contributed by atoms with Crippen LogP contribution in [0.2, 0.25) is 0 Å². The van der Waals surface area contributed by atoms with E-state index in [0.717, 1.165) is 26.2 Å². The summed E-state index contributed by atoms with van der Waals surface area (Å²) < 4.78 is 11.7. The molecule has 4 aromatic rings. The number of nitro benzene ring substituents is 2. The van der Waals surface area contributed by atoms with Crippen LogP contribution in [0.25, 0.3) is 0 Å². The fourth-order valence-corrected chi connectivity index (χ4v) is 6.10. The van der Waals surface area contributed by atoms with E-state index in [0.29, 0.717) is 34.8 Å². The zero-order chi connectivity index (χ0) is 32.5. The zero-order valence-electron chi connectivity index (χ0n) is 26.3. The number of hydrogen-bond donors (Lipinski definition) is 0. The SMILES string of the molecule is CN(Cc1ccc(Oc2ccc([N+](=O)[O-])cc2)cc1)CC1CCC(CN(C)Cc2ccc(Oc3ccc([N+](=O)[O-])cc3)cc2)CC1. The van der Waals surface area contributed by atoms with Gasteiger partial charge in [-0.15, -0.1) is 0 Å². The first-order chi connectivity index (χ1) is 22.2. The summed E-state index contributed by atoms with van der Waals surface area (Å²) >= 11 is 0. The van der Waals surface area contributed by atoms with Crippen molar-refractivity contribution in [3.8, 4) is 23.0 Å². The fourth-order valence-electron chi connectivity index (χ4n) is 6.10. The molecule has 46 heavy (non-hydrogen) atoms. The Labute approximate surface area is 269 Å². The first-order valence-corrected chi connectivity index (χ1v) is 15.6. The van der Waals surface area contributed by atoms with Crippen molar-refractivity contribution in [3.63, 3.8) is 0 Å². The molecule has 240 valence electrons. The van der Waals surface area contributed by atoms with Gasteiger partial charge in [0, 0.05) is 50.4 Å². The Morgan fingerprint density at radius 1 is 0.543 bits per heavy atom. The third-order valence-corrected chi connectivity index (χ3v) is 8.42. The summed E-state index contributed by atoms with van der Waals surface area (Å²) in [6.07, 6.45) is 5.00. The van der Waals surface area contributed by atoms with Gasteiger partial charge in [-0.1, -0.05) is 24.3 Å². The smallest absolute Gasteiger partial charge is 0.269 e. The van der Waals surface area contributed by atoms with Crippen LogP contribution in [0, 0.1) is 32.1 Å². The highest BCUT2D eigenvalue weighted by Gasteiger charge is 2.23. The summed E-state index contributed by atoms with van der Waals surface area (Å²) in [5.74, 6) is 3.96. The number of hydrogen-bond acceptors (Lipinski definition) is 8. The van der Waals surface area contributed by atoms with Gasteiger partial charge in [0.1, 0.15) is 23.0 Å². The van der Waals surface area contributed by atoms with Crippen LogP contribution >= 0.6 is 0 Å². The van der Waals surface area contributed by atoms with Gasteiger partial charge in [-0.25, -0.2) is 0 Å². The molecule has 0 unspecified atom stereocenters. The molecule has 1 saturated carbocycles. The Hall–Kier alpha value is -4.80. The molecule has 10 heteroatoms. The molecule has 0 spiro atoms. The zero-order valence-corrected chi connectivity index (χ0v) is 26.3. The molecule has 4 aromatic carbocycles. The van der Waals surface area contributed by atoms with Crippen molar-refractivity contribution in [1.82, 2.24) is 9.80 Å². The lowest BCUT2D eigenvalue weighted by molar-refractivity contribution is -0.385. The maximum atomic E-state index is 10.8. The van der Waals surface area contributed by atoms with Gasteiger partial charge in [0.25, 0.3) is 11.4 Å². The minimum atomic E-state index is -0.422. The van der Waals surface area contributed by atoms with E-state index >= 15 is 0 Å². The van der Waals surface area contributed by atoms with E-state index < -0.39 is 9.85 Å². The minimum absolute atomic E-state index is 0.0431. The molecule has 1 aliphatic rings. The number of nitrogens with zero attached hydrogens (tertiary/aromatic N) is 4. The quantitative estimate of drug-likeness (QED) is 0.101. The highest BCUT2D eigenvalue weighted by Crippen LogP contribution is 2.31. The average Bonchev–Trinajstić information content (AvgIpc) is 3.04. The van der Waals surface area contributed by atoms with Crippen LogP contribution in [-0.4, -0.2) is 46.8 Å². The van der Waals surface area contributed by atoms with Crippen LogP contribution in [0.3, 0.4) is 0 Å². The summed E-state index contributed by atoms with van der Waals surface area (Å²) in [5.41, 5.74) is 2.53. The van der Waals surface area contributed by atoms with Gasteiger partial charge < -0.3 is 19.3 Å². The van der Waals surface area contributed by atoms with Gasteiger partial charge in [0.2, 0.25) is 0 Å². The summed E-state index contributed by atoms with van der Waals surface area (Å²) in [6, 6.07) is 28.2. The lowest BCUT2D eigenvalue weighted by atomic mass is 9.81. The summed E-state index contributed by atoms with van der Waals surface area (Å²) in [6.45, 7) is 3.91. The van der Waals surface area contributed by atoms with E-state index in [1.165, 1.54) is 61.1 Å². The largest absolute Gasteiger partial charge is 0.457 e. The van der Waals surface area contributed by atoms with Gasteiger partial charge in [-0.2, -0.15) is 0 Å². The number of benzene rings is 4. The first kappa shape index (κ1) is 32.6. The van der Waals surface area contributed by atoms with E-state index in [-0.39, 0.29) is 11.4 Å². The third kappa shape index (κ3) is 9.60. The standard InChI is InChI=1S/C36H40N4O6/c1-37(25-29-7-15-33(16-8-29)45-35-19-11-31(12-20-35)39(41)42)23-27-3-5-28(6-4-27)24-38(2)26-30-9-17-34(18-10-30)46-36-21-13-32(14-22-36)40(43)44/h7-22,27-28H,3-6,23-26H2,1-2H3. The molecular formula is C36H40N4O6. The molecule has 0 N–H and O–H groups in total. The van der Waals surface area contributed by atoms with Gasteiger partial charge in [-0.05, 0) is 111 Å². The lowest BCUT2D eigenvalue weighted by Gasteiger charge is -2.33. The second-order valence-corrected chi connectivity index (χ2v) is 12.3. The lowest BCUT2D eigenvalue weighted by Crippen LogP contribution is -2.32. The maximum absolute atomic E-state index is 10.8. The van der Waals surface area contributed by atoms with Crippen molar-refractivity contribution in [2.24, 2.45) is 11.8 Å². The molecule has 0 atom stereocenters. The number of non-ortho nitro benzene ring substituents is 2. The number of rotatable bonds is 14. The second-order valence-electron chi connectivity index (χ2n) is 12.3. The molecule has 5 rings (SSSR count). The van der Waals surface area contributed by atoms with Crippen LogP contribution in [0.1, 0.15) is 36.8 Å². The van der Waals surface area contributed by atoms with E-state index in [4.69, 9.17) is 9.47 Å². The highest BCUT2D eigenvalue weighted by atomic mass is 16.6. The van der Waals surface area contributed by atoms with Crippen LogP contribution in [0.5, 0.6) is 23.0 Å². The van der Waals surface area contributed by atoms with E-state index in [1.54, 1.807) is 24.3 Å². The molecule has 0 radical (unpaired) electrons. The molecule has 0 saturated heterocycles. The van der Waals surface area contributed by atoms with Gasteiger partial charge in [0.05, 0.1) is 9.85 Å². The number of nitro groups is 2. The van der Waals surface area contributed by atoms with E-state index in [1.807, 2.05) is 24.3 Å². The first-order valence-electron chi connectivity index (χ1n) is 15.6. The highest BCUT2D eigenvalue weighted by molar-refractivity contribution is 5.40. The van der Waals surface area contributed by atoms with Crippen LogP contribution in [0.4, 0.5) is 11.4 Å². The maximum Gasteiger partial charge on any atom is 0.269 e. The van der Waals surface area contributed by atoms with Crippen LogP contribution in [0.15, 0.2) is 97.1 Å². The van der Waals surface area contributed by atoms with Gasteiger partial charge in [-0.3, -0.25) is 20.2 Å². The molecule has 0 heterocycles. The molecular weight excluding hydrogens is 584 g/mol. The molecule has 1 aliphatic carbocycles. The van der Waals surface area contributed by atoms with Crippen molar-refractivity contribution < 1.29 is 19.3 Å². The molecule has 1 fully saturated rings. The summed E-state index contributed by atoms with van der Waals surface area (Å²) in [7, 11) is 4.37. The second kappa shape index (κ2) is 15.5. The van der Waals surface area contributed by atoms with Gasteiger partial charge in [0.15, 0.2) is 0 Å². The van der Waals surface area contributed by atoms with E-state index in [9.17, 15) is 20.2 Å². The van der Waals surface area contributed by atoms with Crippen molar-refractivity contribution in [2.75, 3.05) is 27.2 Å². The summed E-state index contributed by atoms with van der Waals surface area (Å²) in [4.78, 5) is 25.6. The fraction of sp³-hybridized carbons (Fsp3) is 0.333. The Kier molecular flexibility index (Phi) is 11.0. The van der Waals surface area contributed by atoms with Crippen molar-refractivity contribution in [1.29, 1.82) is 0 Å². The predicted molar refractivity (Wildman–Crippen MR) is 177 cm³/mol. The number of ether oxygens (including phenoxy) is 2. The molecule has 10 nitrogen and oxygen atoms in total. The topological polar surface area (TPSA) is 111 Å². The average molecular weight is 625 g/mol. The van der Waals surface area contributed by atoms with Gasteiger partial charge >= 0.3 is 0 Å². The Morgan fingerprint density at radius 3 is 1.11 bits per heavy atom. The Bertz CT molecular complexity index is 1450. The van der Waals surface area contributed by atoms with Crippen LogP contribution < -0.4 is 9.47 Å². The van der Waals surface area contributed by atoms with Crippen molar-refractivity contribution in [3.05, 3.63) is 128 Å². The minimum Gasteiger partial charge on any atom is -0.457 e. The van der Waals surface area contributed by atoms with Crippen molar-refractivity contribution >= 4 is 11.4 Å². The summed E-state index contributed by atoms with van der Waals surface area (Å²) in [5, 5.41) is 21.7. The predicted octanol–water partition coefficient (Wildman–Crippen LogP) is 8.46. The molecule has 0 aliphatic heterocycles. The molecule has 0 amide bonds. The van der Waals surface area contributed by atoms with Crippen molar-refractivity contribution in [2.45, 2.75) is 38.8 Å². The Balaban J connectivity index is 0.991. The molecule has 0 bridgehead atoms. The van der Waals surface area contributed by atoms with Crippen LogP contribution in [-0.2, 0) is 13.1 Å².